The number of nitrogens with zero attached hydrogens (tertiary/aromatic N) is 2. The average Bonchev–Trinajstić information content (AvgIpc) is 3.10. The first-order valence-electron chi connectivity index (χ1n) is 6.06. The minimum Gasteiger partial charge on any atom is -0.495 e. The van der Waals surface area contributed by atoms with Crippen molar-refractivity contribution in [3.63, 3.8) is 0 Å². The first-order valence-corrected chi connectivity index (χ1v) is 8.14. The van der Waals surface area contributed by atoms with Gasteiger partial charge in [0.2, 0.25) is 0 Å². The van der Waals surface area contributed by atoms with Crippen LogP contribution in [0.4, 0.5) is 0 Å². The SMILES string of the molecule is COc1ccc(Cl)c2sc(=NC(=O)c3cccs3)n(C)c12. The van der Waals surface area contributed by atoms with E-state index in [1.807, 2.05) is 29.1 Å². The Balaban J connectivity index is 2.23. The lowest BCUT2D eigenvalue weighted by Gasteiger charge is -2.04. The fourth-order valence-electron chi connectivity index (χ4n) is 2.00. The van der Waals surface area contributed by atoms with Crippen LogP contribution in [0.1, 0.15) is 9.67 Å². The minimum absolute atomic E-state index is 0.248. The summed E-state index contributed by atoms with van der Waals surface area (Å²) >= 11 is 8.97. The Morgan fingerprint density at radius 3 is 2.86 bits per heavy atom. The maximum atomic E-state index is 12.1. The quantitative estimate of drug-likeness (QED) is 0.715. The van der Waals surface area contributed by atoms with Crippen molar-refractivity contribution in [2.24, 2.45) is 12.0 Å². The van der Waals surface area contributed by atoms with Gasteiger partial charge in [-0.2, -0.15) is 4.99 Å². The molecule has 0 atom stereocenters. The van der Waals surface area contributed by atoms with Gasteiger partial charge in [0.25, 0.3) is 5.91 Å². The predicted octanol–water partition coefficient (Wildman–Crippen LogP) is 3.70. The first-order chi connectivity index (χ1) is 10.1. The lowest BCUT2D eigenvalue weighted by atomic mass is 10.3. The largest absolute Gasteiger partial charge is 0.495 e. The van der Waals surface area contributed by atoms with Gasteiger partial charge in [-0.25, -0.2) is 0 Å². The van der Waals surface area contributed by atoms with E-state index < -0.39 is 0 Å². The van der Waals surface area contributed by atoms with Crippen LogP contribution in [0.2, 0.25) is 5.02 Å². The van der Waals surface area contributed by atoms with E-state index in [-0.39, 0.29) is 5.91 Å². The number of thiophene rings is 1. The third kappa shape index (κ3) is 2.50. The molecule has 1 amide bonds. The summed E-state index contributed by atoms with van der Waals surface area (Å²) in [5.74, 6) is 0.459. The Hall–Kier alpha value is -1.63. The molecule has 7 heteroatoms. The normalized spacial score (nSPS) is 12.0. The number of hydrogen-bond acceptors (Lipinski definition) is 4. The molecule has 0 aliphatic rings. The number of fused-ring (bicyclic) bond motifs is 1. The lowest BCUT2D eigenvalue weighted by Crippen LogP contribution is -2.13. The van der Waals surface area contributed by atoms with E-state index >= 15 is 0 Å². The molecule has 0 unspecified atom stereocenters. The van der Waals surface area contributed by atoms with Crippen LogP contribution in [0.5, 0.6) is 5.75 Å². The van der Waals surface area contributed by atoms with Crippen molar-refractivity contribution in [2.75, 3.05) is 7.11 Å². The molecular formula is C14H11ClN2O2S2. The highest BCUT2D eigenvalue weighted by atomic mass is 35.5. The lowest BCUT2D eigenvalue weighted by molar-refractivity contribution is 0.100. The van der Waals surface area contributed by atoms with Crippen LogP contribution in [0, 0.1) is 0 Å². The van der Waals surface area contributed by atoms with Gasteiger partial charge in [-0.05, 0) is 23.6 Å². The highest BCUT2D eigenvalue weighted by Crippen LogP contribution is 2.32. The Kier molecular flexibility index (Phi) is 3.84. The van der Waals surface area contributed by atoms with E-state index in [1.54, 1.807) is 19.2 Å². The minimum atomic E-state index is -0.248. The molecule has 0 aliphatic heterocycles. The first kappa shape index (κ1) is 14.3. The summed E-state index contributed by atoms with van der Waals surface area (Å²) in [6.07, 6.45) is 0. The van der Waals surface area contributed by atoms with E-state index in [0.717, 1.165) is 10.2 Å². The molecule has 0 spiro atoms. The van der Waals surface area contributed by atoms with E-state index in [2.05, 4.69) is 4.99 Å². The molecule has 21 heavy (non-hydrogen) atoms. The number of methoxy groups -OCH3 is 1. The van der Waals surface area contributed by atoms with Gasteiger partial charge >= 0.3 is 0 Å². The summed E-state index contributed by atoms with van der Waals surface area (Å²) in [4.78, 5) is 17.5. The fraction of sp³-hybridized carbons (Fsp3) is 0.143. The number of hydrogen-bond donors (Lipinski definition) is 0. The van der Waals surface area contributed by atoms with E-state index in [9.17, 15) is 4.79 Å². The van der Waals surface area contributed by atoms with Gasteiger partial charge in [0.1, 0.15) is 11.3 Å². The molecule has 2 aromatic heterocycles. The zero-order valence-electron chi connectivity index (χ0n) is 11.3. The van der Waals surface area contributed by atoms with Gasteiger partial charge in [0.15, 0.2) is 4.80 Å². The number of ether oxygens (including phenoxy) is 1. The number of benzene rings is 1. The van der Waals surface area contributed by atoms with Crippen LogP contribution in [0.25, 0.3) is 10.2 Å². The molecule has 3 aromatic rings. The molecule has 108 valence electrons. The number of carbonyl (C=O) groups is 1. The molecule has 3 rings (SSSR count). The Morgan fingerprint density at radius 1 is 1.38 bits per heavy atom. The number of thiazole rings is 1. The molecule has 0 fully saturated rings. The summed E-state index contributed by atoms with van der Waals surface area (Å²) in [6, 6.07) is 7.18. The van der Waals surface area contributed by atoms with Crippen molar-refractivity contribution in [1.82, 2.24) is 4.57 Å². The molecule has 0 aliphatic carbocycles. The fourth-order valence-corrected chi connectivity index (χ4v) is 3.92. The van der Waals surface area contributed by atoms with Crippen LogP contribution in [0.3, 0.4) is 0 Å². The number of halogens is 1. The monoisotopic (exact) mass is 338 g/mol. The van der Waals surface area contributed by atoms with Crippen LogP contribution in [-0.2, 0) is 7.05 Å². The topological polar surface area (TPSA) is 43.6 Å². The Labute approximate surface area is 133 Å². The average molecular weight is 339 g/mol. The van der Waals surface area contributed by atoms with Crippen molar-refractivity contribution in [2.45, 2.75) is 0 Å². The molecule has 2 heterocycles. The van der Waals surface area contributed by atoms with Gasteiger partial charge < -0.3 is 9.30 Å². The molecule has 0 N–H and O–H groups in total. The number of carbonyl (C=O) groups excluding carboxylic acids is 1. The third-order valence-electron chi connectivity index (χ3n) is 3.01. The van der Waals surface area contributed by atoms with Gasteiger partial charge in [-0.3, -0.25) is 4.79 Å². The zero-order chi connectivity index (χ0) is 15.0. The highest BCUT2D eigenvalue weighted by Gasteiger charge is 2.13. The van der Waals surface area contributed by atoms with Crippen molar-refractivity contribution >= 4 is 50.4 Å². The second kappa shape index (κ2) is 5.63. The van der Waals surface area contributed by atoms with Gasteiger partial charge in [0, 0.05) is 7.05 Å². The molecule has 0 radical (unpaired) electrons. The summed E-state index contributed by atoms with van der Waals surface area (Å²) < 4.78 is 8.04. The van der Waals surface area contributed by atoms with Crippen molar-refractivity contribution in [1.29, 1.82) is 0 Å². The number of rotatable bonds is 2. The number of aromatic nitrogens is 1. The van der Waals surface area contributed by atoms with Crippen LogP contribution < -0.4 is 9.54 Å². The Bertz CT molecular complexity index is 878. The van der Waals surface area contributed by atoms with Crippen molar-refractivity contribution in [3.8, 4) is 5.75 Å². The predicted molar refractivity (Wildman–Crippen MR) is 86.6 cm³/mol. The standard InChI is InChI=1S/C14H11ClN2O2S2/c1-17-11-9(19-2)6-5-8(15)12(11)21-14(17)16-13(18)10-4-3-7-20-10/h3-7H,1-2H3. The maximum absolute atomic E-state index is 12.1. The van der Waals surface area contributed by atoms with Gasteiger partial charge in [0.05, 0.1) is 21.7 Å². The van der Waals surface area contributed by atoms with Crippen LogP contribution in [-0.4, -0.2) is 17.6 Å². The molecular weight excluding hydrogens is 328 g/mol. The highest BCUT2D eigenvalue weighted by molar-refractivity contribution is 7.17. The van der Waals surface area contributed by atoms with Crippen molar-refractivity contribution < 1.29 is 9.53 Å². The molecule has 0 bridgehead atoms. The summed E-state index contributed by atoms with van der Waals surface area (Å²) in [5.41, 5.74) is 0.840. The molecule has 0 saturated heterocycles. The van der Waals surface area contributed by atoms with E-state index in [4.69, 9.17) is 16.3 Å². The van der Waals surface area contributed by atoms with Gasteiger partial charge in [-0.1, -0.05) is 29.0 Å². The van der Waals surface area contributed by atoms with E-state index in [0.29, 0.717) is 20.5 Å². The summed E-state index contributed by atoms with van der Waals surface area (Å²) in [6.45, 7) is 0. The van der Waals surface area contributed by atoms with Crippen molar-refractivity contribution in [3.05, 3.63) is 44.3 Å². The zero-order valence-corrected chi connectivity index (χ0v) is 13.7. The smallest absolute Gasteiger partial charge is 0.289 e. The molecule has 4 nitrogen and oxygen atoms in total. The molecule has 0 saturated carbocycles. The second-order valence-electron chi connectivity index (χ2n) is 4.27. The van der Waals surface area contributed by atoms with E-state index in [1.165, 1.54) is 22.7 Å². The summed E-state index contributed by atoms with van der Waals surface area (Å²) in [5, 5.41) is 2.48. The van der Waals surface area contributed by atoms with Gasteiger partial charge in [-0.15, -0.1) is 11.3 Å². The van der Waals surface area contributed by atoms with Crippen LogP contribution >= 0.6 is 34.3 Å². The second-order valence-corrected chi connectivity index (χ2v) is 6.60. The number of amides is 1. The molecule has 1 aromatic carbocycles. The third-order valence-corrected chi connectivity index (χ3v) is 5.46. The Morgan fingerprint density at radius 2 is 2.19 bits per heavy atom. The van der Waals surface area contributed by atoms with Crippen LogP contribution in [0.15, 0.2) is 34.6 Å². The number of aryl methyl sites for hydroxylation is 1. The maximum Gasteiger partial charge on any atom is 0.289 e. The summed E-state index contributed by atoms with van der Waals surface area (Å²) in [7, 11) is 3.45.